The van der Waals surface area contributed by atoms with Crippen molar-refractivity contribution in [1.29, 1.82) is 0 Å². The van der Waals surface area contributed by atoms with Gasteiger partial charge in [0.15, 0.2) is 0 Å². The number of aliphatic hydroxyl groups excluding tert-OH is 1. The van der Waals surface area contributed by atoms with Gasteiger partial charge in [-0.2, -0.15) is 0 Å². The van der Waals surface area contributed by atoms with Crippen molar-refractivity contribution in [2.45, 2.75) is 37.1 Å². The molecule has 2 N–H and O–H groups in total. The first kappa shape index (κ1) is 16.0. The molecule has 0 radical (unpaired) electrons. The lowest BCUT2D eigenvalue weighted by Crippen LogP contribution is -2.36. The second-order valence-corrected chi connectivity index (χ2v) is 6.92. The standard InChI is InChI=1S/C15H18FNO3S/c1-11-4-2-6-14(11)17-21(19,20)15-8-7-12(5-3-9-18)10-13(15)16/h7-8,10-11,14,17-18H,2,4,6,9H2,1H3. The normalized spacial score (nSPS) is 21.9. The lowest BCUT2D eigenvalue weighted by molar-refractivity contribution is 0.350. The zero-order valence-corrected chi connectivity index (χ0v) is 12.6. The van der Waals surface area contributed by atoms with Gasteiger partial charge in [-0.1, -0.05) is 25.2 Å². The summed E-state index contributed by atoms with van der Waals surface area (Å²) in [5.74, 6) is 4.35. The summed E-state index contributed by atoms with van der Waals surface area (Å²) in [5.41, 5.74) is 0.328. The van der Waals surface area contributed by atoms with Crippen molar-refractivity contribution in [3.8, 4) is 11.8 Å². The van der Waals surface area contributed by atoms with Gasteiger partial charge < -0.3 is 5.11 Å². The van der Waals surface area contributed by atoms with Gasteiger partial charge in [0, 0.05) is 11.6 Å². The molecule has 2 rings (SSSR count). The van der Waals surface area contributed by atoms with E-state index < -0.39 is 15.8 Å². The average molecular weight is 311 g/mol. The van der Waals surface area contributed by atoms with Crippen molar-refractivity contribution in [2.75, 3.05) is 6.61 Å². The Morgan fingerprint density at radius 2 is 2.19 bits per heavy atom. The summed E-state index contributed by atoms with van der Waals surface area (Å²) >= 11 is 0. The van der Waals surface area contributed by atoms with Crippen molar-refractivity contribution < 1.29 is 17.9 Å². The number of hydrogen-bond donors (Lipinski definition) is 2. The molecule has 6 heteroatoms. The van der Waals surface area contributed by atoms with Gasteiger partial charge in [-0.05, 0) is 37.0 Å². The summed E-state index contributed by atoms with van der Waals surface area (Å²) in [4.78, 5) is -0.365. The van der Waals surface area contributed by atoms with Gasteiger partial charge in [-0.15, -0.1) is 0 Å². The van der Waals surface area contributed by atoms with Crippen LogP contribution in [0.2, 0.25) is 0 Å². The molecule has 1 aromatic rings. The molecule has 21 heavy (non-hydrogen) atoms. The zero-order chi connectivity index (χ0) is 15.5. The summed E-state index contributed by atoms with van der Waals surface area (Å²) in [7, 11) is -3.87. The first-order chi connectivity index (χ1) is 9.94. The second-order valence-electron chi connectivity index (χ2n) is 5.24. The van der Waals surface area contributed by atoms with E-state index in [1.54, 1.807) is 0 Å². The van der Waals surface area contributed by atoms with E-state index in [0.717, 1.165) is 25.3 Å². The molecule has 0 aromatic heterocycles. The van der Waals surface area contributed by atoms with E-state index in [0.29, 0.717) is 5.56 Å². The number of rotatable bonds is 3. The molecule has 0 spiro atoms. The smallest absolute Gasteiger partial charge is 0.243 e. The first-order valence-corrected chi connectivity index (χ1v) is 8.34. The van der Waals surface area contributed by atoms with E-state index in [1.165, 1.54) is 12.1 Å². The predicted molar refractivity (Wildman–Crippen MR) is 77.5 cm³/mol. The van der Waals surface area contributed by atoms with E-state index in [2.05, 4.69) is 16.6 Å². The Bertz CT molecular complexity index is 676. The van der Waals surface area contributed by atoms with Crippen LogP contribution in [0, 0.1) is 23.6 Å². The molecule has 2 unspecified atom stereocenters. The molecule has 1 aliphatic rings. The third-order valence-electron chi connectivity index (χ3n) is 3.70. The molecule has 1 aliphatic carbocycles. The van der Waals surface area contributed by atoms with Crippen LogP contribution in [0.25, 0.3) is 0 Å². The van der Waals surface area contributed by atoms with Crippen LogP contribution < -0.4 is 4.72 Å². The fourth-order valence-electron chi connectivity index (χ4n) is 2.52. The minimum atomic E-state index is -3.87. The van der Waals surface area contributed by atoms with Crippen LogP contribution in [0.15, 0.2) is 23.1 Å². The summed E-state index contributed by atoms with van der Waals surface area (Å²) in [6.45, 7) is 1.66. The maximum absolute atomic E-state index is 14.0. The molecule has 2 atom stereocenters. The largest absolute Gasteiger partial charge is 0.384 e. The Labute approximate surface area is 124 Å². The number of benzene rings is 1. The van der Waals surface area contributed by atoms with Crippen molar-refractivity contribution in [1.82, 2.24) is 4.72 Å². The monoisotopic (exact) mass is 311 g/mol. The third-order valence-corrected chi connectivity index (χ3v) is 5.22. The van der Waals surface area contributed by atoms with Gasteiger partial charge in [0.2, 0.25) is 10.0 Å². The van der Waals surface area contributed by atoms with Gasteiger partial charge in [-0.25, -0.2) is 17.5 Å². The Hall–Kier alpha value is -1.42. The van der Waals surface area contributed by atoms with Crippen LogP contribution in [0.1, 0.15) is 31.7 Å². The van der Waals surface area contributed by atoms with E-state index >= 15 is 0 Å². The number of aliphatic hydroxyl groups is 1. The fraction of sp³-hybridized carbons (Fsp3) is 0.467. The topological polar surface area (TPSA) is 66.4 Å². The molecule has 114 valence electrons. The summed E-state index contributed by atoms with van der Waals surface area (Å²) in [6, 6.07) is 3.56. The van der Waals surface area contributed by atoms with Gasteiger partial charge in [0.1, 0.15) is 17.3 Å². The fourth-order valence-corrected chi connectivity index (χ4v) is 3.96. The highest BCUT2D eigenvalue weighted by Crippen LogP contribution is 2.27. The summed E-state index contributed by atoms with van der Waals surface area (Å²) in [5, 5.41) is 8.59. The molecule has 0 saturated heterocycles. The van der Waals surface area contributed by atoms with Crippen molar-refractivity contribution in [3.05, 3.63) is 29.6 Å². The van der Waals surface area contributed by atoms with E-state index in [9.17, 15) is 12.8 Å². The molecule has 0 heterocycles. The van der Waals surface area contributed by atoms with Crippen molar-refractivity contribution >= 4 is 10.0 Å². The highest BCUT2D eigenvalue weighted by atomic mass is 32.2. The molecular weight excluding hydrogens is 293 g/mol. The van der Waals surface area contributed by atoms with Gasteiger partial charge in [0.25, 0.3) is 0 Å². The highest BCUT2D eigenvalue weighted by molar-refractivity contribution is 7.89. The van der Waals surface area contributed by atoms with Crippen molar-refractivity contribution in [2.24, 2.45) is 5.92 Å². The number of halogens is 1. The molecular formula is C15H18FNO3S. The molecule has 1 fully saturated rings. The Balaban J connectivity index is 2.24. The quantitative estimate of drug-likeness (QED) is 0.834. The van der Waals surface area contributed by atoms with E-state index in [-0.39, 0.29) is 23.5 Å². The molecule has 1 aromatic carbocycles. The van der Waals surface area contributed by atoms with Gasteiger partial charge in [-0.3, -0.25) is 0 Å². The van der Waals surface area contributed by atoms with Gasteiger partial charge >= 0.3 is 0 Å². The van der Waals surface area contributed by atoms with Crippen LogP contribution in [-0.4, -0.2) is 26.2 Å². The molecule has 0 bridgehead atoms. The minimum Gasteiger partial charge on any atom is -0.384 e. The predicted octanol–water partition coefficient (Wildman–Crippen LogP) is 1.64. The molecule has 1 saturated carbocycles. The SMILES string of the molecule is CC1CCCC1NS(=O)(=O)c1ccc(C#CCO)cc1F. The lowest BCUT2D eigenvalue weighted by atomic mass is 10.1. The van der Waals surface area contributed by atoms with E-state index in [1.807, 2.05) is 6.92 Å². The molecule has 4 nitrogen and oxygen atoms in total. The molecule has 0 amide bonds. The second kappa shape index (κ2) is 6.56. The molecule has 0 aliphatic heterocycles. The van der Waals surface area contributed by atoms with E-state index in [4.69, 9.17) is 5.11 Å². The lowest BCUT2D eigenvalue weighted by Gasteiger charge is -2.17. The maximum atomic E-state index is 14.0. The van der Waals surface area contributed by atoms with Crippen LogP contribution >= 0.6 is 0 Å². The summed E-state index contributed by atoms with van der Waals surface area (Å²) in [6.07, 6.45) is 2.74. The first-order valence-electron chi connectivity index (χ1n) is 6.85. The number of sulfonamides is 1. The number of hydrogen-bond acceptors (Lipinski definition) is 3. The number of nitrogens with one attached hydrogen (secondary N) is 1. The van der Waals surface area contributed by atoms with Crippen LogP contribution in [-0.2, 0) is 10.0 Å². The Morgan fingerprint density at radius 3 is 2.76 bits per heavy atom. The Kier molecular flexibility index (Phi) is 4.99. The Morgan fingerprint density at radius 1 is 1.43 bits per heavy atom. The maximum Gasteiger partial charge on any atom is 0.243 e. The van der Waals surface area contributed by atoms with Gasteiger partial charge in [0.05, 0.1) is 0 Å². The van der Waals surface area contributed by atoms with Crippen molar-refractivity contribution in [3.63, 3.8) is 0 Å². The third kappa shape index (κ3) is 3.82. The highest BCUT2D eigenvalue weighted by Gasteiger charge is 2.29. The minimum absolute atomic E-state index is 0.136. The average Bonchev–Trinajstić information content (AvgIpc) is 2.81. The van der Waals surface area contributed by atoms with Crippen LogP contribution in [0.5, 0.6) is 0 Å². The van der Waals surface area contributed by atoms with Crippen LogP contribution in [0.3, 0.4) is 0 Å². The summed E-state index contributed by atoms with van der Waals surface area (Å²) < 4.78 is 41.1. The zero-order valence-electron chi connectivity index (χ0n) is 11.8. The van der Waals surface area contributed by atoms with Crippen LogP contribution in [0.4, 0.5) is 4.39 Å².